The molecule has 146 valence electrons. The lowest BCUT2D eigenvalue weighted by molar-refractivity contribution is -0.120. The van der Waals surface area contributed by atoms with Crippen molar-refractivity contribution in [2.45, 2.75) is 26.9 Å². The van der Waals surface area contributed by atoms with E-state index in [1.807, 2.05) is 54.9 Å². The van der Waals surface area contributed by atoms with Crippen molar-refractivity contribution in [3.63, 3.8) is 0 Å². The fourth-order valence-corrected chi connectivity index (χ4v) is 3.76. The second kappa shape index (κ2) is 10.0. The summed E-state index contributed by atoms with van der Waals surface area (Å²) >= 11 is 3.12. The highest BCUT2D eigenvalue weighted by molar-refractivity contribution is 7.10. The van der Waals surface area contributed by atoms with E-state index in [0.29, 0.717) is 24.7 Å². The van der Waals surface area contributed by atoms with Crippen LogP contribution >= 0.6 is 22.7 Å². The molecule has 0 saturated carbocycles. The molecular formula is C20H21N3O3S2. The Labute approximate surface area is 171 Å². The number of aromatic nitrogens is 1. The lowest BCUT2D eigenvalue weighted by Crippen LogP contribution is -2.19. The van der Waals surface area contributed by atoms with Gasteiger partial charge in [0, 0.05) is 16.0 Å². The fraction of sp³-hybridized carbons (Fsp3) is 0.250. The Morgan fingerprint density at radius 1 is 1.25 bits per heavy atom. The average molecular weight is 416 g/mol. The maximum Gasteiger partial charge on any atom is 0.246 e. The minimum atomic E-state index is -0.202. The number of thiazole rings is 1. The van der Waals surface area contributed by atoms with E-state index in [-0.39, 0.29) is 12.3 Å². The van der Waals surface area contributed by atoms with Crippen LogP contribution < -0.4 is 14.9 Å². The van der Waals surface area contributed by atoms with Crippen molar-refractivity contribution >= 4 is 34.8 Å². The molecule has 28 heavy (non-hydrogen) atoms. The molecule has 1 amide bonds. The van der Waals surface area contributed by atoms with Crippen LogP contribution in [0.3, 0.4) is 0 Å². The molecule has 0 bridgehead atoms. The molecule has 0 fully saturated rings. The predicted octanol–water partition coefficient (Wildman–Crippen LogP) is 4.18. The van der Waals surface area contributed by atoms with Gasteiger partial charge in [-0.3, -0.25) is 4.79 Å². The fourth-order valence-electron chi connectivity index (χ4n) is 2.38. The molecule has 1 aromatic carbocycles. The van der Waals surface area contributed by atoms with Crippen molar-refractivity contribution in [1.82, 2.24) is 10.4 Å². The van der Waals surface area contributed by atoms with E-state index < -0.39 is 0 Å². The standard InChI is InChI=1S/C20H21N3O3S2/c1-3-25-18-9-15(6-7-17(18)26-12-16-5-4-8-27-16)11-21-23-19(24)10-20-22-14(2)13-28-20/h4-9,11,13H,3,10,12H2,1-2H3,(H,23,24)/b21-11-. The average Bonchev–Trinajstić information content (AvgIpc) is 3.33. The number of nitrogens with zero attached hydrogens (tertiary/aromatic N) is 2. The van der Waals surface area contributed by atoms with Crippen molar-refractivity contribution in [3.05, 3.63) is 62.2 Å². The highest BCUT2D eigenvalue weighted by Crippen LogP contribution is 2.29. The Hall–Kier alpha value is -2.71. The first-order chi connectivity index (χ1) is 13.6. The van der Waals surface area contributed by atoms with E-state index in [4.69, 9.17) is 9.47 Å². The van der Waals surface area contributed by atoms with Crippen LogP contribution in [0.15, 0.2) is 46.2 Å². The summed E-state index contributed by atoms with van der Waals surface area (Å²) in [6.07, 6.45) is 1.80. The number of aryl methyl sites for hydroxylation is 1. The minimum absolute atomic E-state index is 0.202. The van der Waals surface area contributed by atoms with Crippen LogP contribution in [-0.2, 0) is 17.8 Å². The van der Waals surface area contributed by atoms with E-state index in [0.717, 1.165) is 21.1 Å². The highest BCUT2D eigenvalue weighted by Gasteiger charge is 2.08. The van der Waals surface area contributed by atoms with Crippen LogP contribution in [0, 0.1) is 6.92 Å². The molecule has 8 heteroatoms. The molecule has 2 aromatic heterocycles. The third kappa shape index (κ3) is 5.90. The van der Waals surface area contributed by atoms with Crippen LogP contribution in [-0.4, -0.2) is 23.7 Å². The number of hydrazone groups is 1. The molecule has 0 saturated heterocycles. The molecule has 0 atom stereocenters. The molecule has 6 nitrogen and oxygen atoms in total. The van der Waals surface area contributed by atoms with Gasteiger partial charge in [0.2, 0.25) is 5.91 Å². The Balaban J connectivity index is 1.58. The van der Waals surface area contributed by atoms with Crippen LogP contribution in [0.5, 0.6) is 11.5 Å². The van der Waals surface area contributed by atoms with Gasteiger partial charge < -0.3 is 9.47 Å². The van der Waals surface area contributed by atoms with Crippen molar-refractivity contribution < 1.29 is 14.3 Å². The van der Waals surface area contributed by atoms with E-state index in [9.17, 15) is 4.79 Å². The number of nitrogens with one attached hydrogen (secondary N) is 1. The number of hydrogen-bond acceptors (Lipinski definition) is 7. The number of thiophene rings is 1. The van der Waals surface area contributed by atoms with Gasteiger partial charge in [-0.05, 0) is 49.1 Å². The van der Waals surface area contributed by atoms with Gasteiger partial charge in [0.05, 0.1) is 19.2 Å². The summed E-state index contributed by atoms with van der Waals surface area (Å²) in [7, 11) is 0. The second-order valence-electron chi connectivity index (χ2n) is 5.86. The molecule has 0 spiro atoms. The lowest BCUT2D eigenvalue weighted by Gasteiger charge is -2.12. The number of benzene rings is 1. The van der Waals surface area contributed by atoms with E-state index >= 15 is 0 Å². The summed E-state index contributed by atoms with van der Waals surface area (Å²) in [6.45, 7) is 4.85. The summed E-state index contributed by atoms with van der Waals surface area (Å²) in [6, 6.07) is 9.58. The van der Waals surface area contributed by atoms with Crippen LogP contribution in [0.1, 0.15) is 28.1 Å². The summed E-state index contributed by atoms with van der Waals surface area (Å²) in [5.74, 6) is 1.12. The molecule has 3 aromatic rings. The van der Waals surface area contributed by atoms with Crippen molar-refractivity contribution in [1.29, 1.82) is 0 Å². The zero-order valence-electron chi connectivity index (χ0n) is 15.7. The van der Waals surface area contributed by atoms with E-state index in [2.05, 4.69) is 15.5 Å². The van der Waals surface area contributed by atoms with Gasteiger partial charge in [0.1, 0.15) is 11.6 Å². The zero-order valence-corrected chi connectivity index (χ0v) is 17.3. The Kier molecular flexibility index (Phi) is 7.16. The SMILES string of the molecule is CCOc1cc(/C=N\NC(=O)Cc2nc(C)cs2)ccc1OCc1cccs1. The summed E-state index contributed by atoms with van der Waals surface area (Å²) in [4.78, 5) is 17.3. The maximum atomic E-state index is 11.9. The second-order valence-corrected chi connectivity index (χ2v) is 7.83. The quantitative estimate of drug-likeness (QED) is 0.420. The van der Waals surface area contributed by atoms with E-state index in [1.54, 1.807) is 17.6 Å². The van der Waals surface area contributed by atoms with Gasteiger partial charge in [0.25, 0.3) is 0 Å². The molecule has 3 rings (SSSR count). The molecule has 0 radical (unpaired) electrons. The first-order valence-electron chi connectivity index (χ1n) is 8.79. The summed E-state index contributed by atoms with van der Waals surface area (Å²) < 4.78 is 11.5. The number of hydrogen-bond donors (Lipinski definition) is 1. The van der Waals surface area contributed by atoms with Gasteiger partial charge in [0.15, 0.2) is 11.5 Å². The molecule has 0 unspecified atom stereocenters. The molecule has 0 aliphatic heterocycles. The first-order valence-corrected chi connectivity index (χ1v) is 10.5. The molecule has 2 heterocycles. The molecule has 1 N–H and O–H groups in total. The van der Waals surface area contributed by atoms with Crippen molar-refractivity contribution in [2.24, 2.45) is 5.10 Å². The van der Waals surface area contributed by atoms with Gasteiger partial charge in [-0.2, -0.15) is 5.10 Å². The van der Waals surface area contributed by atoms with Crippen LogP contribution in [0.25, 0.3) is 0 Å². The van der Waals surface area contributed by atoms with Crippen molar-refractivity contribution in [2.75, 3.05) is 6.61 Å². The van der Waals surface area contributed by atoms with Crippen LogP contribution in [0.4, 0.5) is 0 Å². The smallest absolute Gasteiger partial charge is 0.246 e. The van der Waals surface area contributed by atoms with Crippen LogP contribution in [0.2, 0.25) is 0 Å². The number of carbonyl (C=O) groups excluding carboxylic acids is 1. The maximum absolute atomic E-state index is 11.9. The highest BCUT2D eigenvalue weighted by atomic mass is 32.1. The molecule has 0 aliphatic carbocycles. The molecule has 0 aliphatic rings. The summed E-state index contributed by atoms with van der Waals surface area (Å²) in [5.41, 5.74) is 4.25. The van der Waals surface area contributed by atoms with E-state index in [1.165, 1.54) is 11.3 Å². The minimum Gasteiger partial charge on any atom is -0.490 e. The molecular weight excluding hydrogens is 394 g/mol. The van der Waals surface area contributed by atoms with Gasteiger partial charge in [-0.15, -0.1) is 22.7 Å². The third-order valence-corrected chi connectivity index (χ3v) is 5.42. The number of ether oxygens (including phenoxy) is 2. The third-order valence-electron chi connectivity index (χ3n) is 3.60. The Morgan fingerprint density at radius 2 is 2.14 bits per heavy atom. The largest absolute Gasteiger partial charge is 0.490 e. The monoisotopic (exact) mass is 415 g/mol. The predicted molar refractivity (Wildman–Crippen MR) is 113 cm³/mol. The zero-order chi connectivity index (χ0) is 19.8. The Bertz CT molecular complexity index is 936. The van der Waals surface area contributed by atoms with Gasteiger partial charge in [-0.25, -0.2) is 10.4 Å². The van der Waals surface area contributed by atoms with Crippen molar-refractivity contribution in [3.8, 4) is 11.5 Å². The number of amides is 1. The summed E-state index contributed by atoms with van der Waals surface area (Å²) in [5, 5.41) is 8.73. The lowest BCUT2D eigenvalue weighted by atomic mass is 10.2. The normalized spacial score (nSPS) is 10.9. The van der Waals surface area contributed by atoms with Gasteiger partial charge in [-0.1, -0.05) is 6.07 Å². The number of carbonyl (C=O) groups is 1. The number of rotatable bonds is 9. The Morgan fingerprint density at radius 3 is 2.86 bits per heavy atom. The van der Waals surface area contributed by atoms with Gasteiger partial charge >= 0.3 is 0 Å². The first kappa shape index (κ1) is 20.0. The topological polar surface area (TPSA) is 72.8 Å².